The van der Waals surface area contributed by atoms with Crippen LogP contribution in [0.15, 0.2) is 70.4 Å². The van der Waals surface area contributed by atoms with Gasteiger partial charge in [0.15, 0.2) is 5.43 Å². The van der Waals surface area contributed by atoms with E-state index in [1.165, 1.54) is 24.3 Å². The van der Waals surface area contributed by atoms with Crippen LogP contribution in [0.5, 0.6) is 11.5 Å². The molecule has 6 heteroatoms. The molecule has 0 saturated heterocycles. The molecule has 0 saturated carbocycles. The van der Waals surface area contributed by atoms with Crippen molar-refractivity contribution in [2.45, 2.75) is 6.61 Å². The number of ether oxygens (including phenoxy) is 2. The summed E-state index contributed by atoms with van der Waals surface area (Å²) in [5.41, 5.74) is 0.310. The molecule has 0 bridgehead atoms. The summed E-state index contributed by atoms with van der Waals surface area (Å²) in [7, 11) is 0. The lowest BCUT2D eigenvalue weighted by Crippen LogP contribution is -2.08. The monoisotopic (exact) mass is 344 g/mol. The summed E-state index contributed by atoms with van der Waals surface area (Å²) in [4.78, 5) is 12.5. The van der Waals surface area contributed by atoms with Crippen molar-refractivity contribution in [3.05, 3.63) is 71.4 Å². The van der Waals surface area contributed by atoms with Crippen LogP contribution in [-0.2, 0) is 0 Å². The lowest BCUT2D eigenvalue weighted by molar-refractivity contribution is -0.0489. The van der Waals surface area contributed by atoms with Crippen molar-refractivity contribution in [2.75, 3.05) is 6.61 Å². The van der Waals surface area contributed by atoms with Gasteiger partial charge < -0.3 is 13.9 Å². The Morgan fingerprint density at radius 1 is 1.16 bits per heavy atom. The van der Waals surface area contributed by atoms with Gasteiger partial charge in [0.05, 0.1) is 0 Å². The molecular weight excluding hydrogens is 330 g/mol. The molecule has 1 aromatic heterocycles. The van der Waals surface area contributed by atoms with Gasteiger partial charge in [0.25, 0.3) is 0 Å². The Hall–Kier alpha value is -3.15. The molecule has 0 aliphatic heterocycles. The quantitative estimate of drug-likeness (QED) is 0.612. The van der Waals surface area contributed by atoms with E-state index in [1.807, 2.05) is 6.07 Å². The molecule has 1 heterocycles. The molecule has 2 aromatic carbocycles. The van der Waals surface area contributed by atoms with E-state index in [4.69, 9.17) is 9.15 Å². The van der Waals surface area contributed by atoms with E-state index < -0.39 is 12.0 Å². The Balaban J connectivity index is 2.20. The predicted octanol–water partition coefficient (Wildman–Crippen LogP) is 4.63. The first-order valence-electron chi connectivity index (χ1n) is 7.44. The standard InChI is InChI=1S/C19H14F2O4/c1-2-8-23-13-9-16-18(17(10-13)25-19(20)21)14(22)11-15(24-16)12-6-4-3-5-7-12/h2-7,9-11,19H,1,8H2. The highest BCUT2D eigenvalue weighted by molar-refractivity contribution is 5.86. The average molecular weight is 344 g/mol. The minimum Gasteiger partial charge on any atom is -0.489 e. The topological polar surface area (TPSA) is 48.7 Å². The van der Waals surface area contributed by atoms with Gasteiger partial charge in [-0.3, -0.25) is 4.79 Å². The fourth-order valence-electron chi connectivity index (χ4n) is 2.40. The summed E-state index contributed by atoms with van der Waals surface area (Å²) in [5, 5.41) is -0.0639. The number of rotatable bonds is 6. The second-order valence-electron chi connectivity index (χ2n) is 5.11. The molecular formula is C19H14F2O4. The minimum absolute atomic E-state index is 0.0639. The van der Waals surface area contributed by atoms with Gasteiger partial charge in [-0.1, -0.05) is 43.0 Å². The van der Waals surface area contributed by atoms with Crippen LogP contribution >= 0.6 is 0 Å². The van der Waals surface area contributed by atoms with Gasteiger partial charge in [0.2, 0.25) is 0 Å². The van der Waals surface area contributed by atoms with Crippen molar-refractivity contribution in [1.82, 2.24) is 0 Å². The van der Waals surface area contributed by atoms with Gasteiger partial charge in [-0.05, 0) is 0 Å². The Kier molecular flexibility index (Phi) is 4.79. The van der Waals surface area contributed by atoms with Crippen LogP contribution in [0.3, 0.4) is 0 Å². The van der Waals surface area contributed by atoms with Gasteiger partial charge >= 0.3 is 6.61 Å². The highest BCUT2D eigenvalue weighted by atomic mass is 19.3. The molecule has 128 valence electrons. The lowest BCUT2D eigenvalue weighted by atomic mass is 10.1. The molecule has 0 unspecified atom stereocenters. The van der Waals surface area contributed by atoms with Gasteiger partial charge in [0.1, 0.15) is 34.8 Å². The summed E-state index contributed by atoms with van der Waals surface area (Å²) in [6.07, 6.45) is 1.51. The summed E-state index contributed by atoms with van der Waals surface area (Å²) in [6, 6.07) is 12.9. The fourth-order valence-corrected chi connectivity index (χ4v) is 2.40. The SMILES string of the molecule is C=CCOc1cc(OC(F)F)c2c(=O)cc(-c3ccccc3)oc2c1. The molecule has 0 radical (unpaired) electrons. The molecule has 3 aromatic rings. The first kappa shape index (κ1) is 16.7. The predicted molar refractivity (Wildman–Crippen MR) is 90.2 cm³/mol. The largest absolute Gasteiger partial charge is 0.489 e. The summed E-state index contributed by atoms with van der Waals surface area (Å²) >= 11 is 0. The molecule has 4 nitrogen and oxygen atoms in total. The van der Waals surface area contributed by atoms with Gasteiger partial charge in [-0.2, -0.15) is 8.78 Å². The average Bonchev–Trinajstić information content (AvgIpc) is 2.59. The molecule has 0 spiro atoms. The molecule has 3 rings (SSSR count). The molecule has 0 aliphatic rings. The minimum atomic E-state index is -3.08. The Labute approximate surface area is 141 Å². The number of alkyl halides is 2. The van der Waals surface area contributed by atoms with Crippen molar-refractivity contribution in [3.8, 4) is 22.8 Å². The normalized spacial score (nSPS) is 10.8. The zero-order valence-corrected chi connectivity index (χ0v) is 13.1. The zero-order valence-electron chi connectivity index (χ0n) is 13.1. The third-order valence-electron chi connectivity index (χ3n) is 3.41. The second-order valence-corrected chi connectivity index (χ2v) is 5.11. The number of fused-ring (bicyclic) bond motifs is 1. The smallest absolute Gasteiger partial charge is 0.387 e. The van der Waals surface area contributed by atoms with Crippen molar-refractivity contribution < 1.29 is 22.7 Å². The van der Waals surface area contributed by atoms with Crippen LogP contribution in [0.4, 0.5) is 8.78 Å². The van der Waals surface area contributed by atoms with Gasteiger partial charge in [-0.25, -0.2) is 0 Å². The van der Waals surface area contributed by atoms with Crippen molar-refractivity contribution in [3.63, 3.8) is 0 Å². The third-order valence-corrected chi connectivity index (χ3v) is 3.41. The Morgan fingerprint density at radius 2 is 1.92 bits per heavy atom. The van der Waals surface area contributed by atoms with E-state index in [0.29, 0.717) is 11.3 Å². The van der Waals surface area contributed by atoms with E-state index in [1.54, 1.807) is 24.3 Å². The molecule has 0 aliphatic carbocycles. The van der Waals surface area contributed by atoms with E-state index in [2.05, 4.69) is 11.3 Å². The van der Waals surface area contributed by atoms with E-state index in [0.717, 1.165) is 0 Å². The van der Waals surface area contributed by atoms with Crippen molar-refractivity contribution in [2.24, 2.45) is 0 Å². The van der Waals surface area contributed by atoms with Crippen LogP contribution in [0.2, 0.25) is 0 Å². The maximum absolute atomic E-state index is 12.7. The molecule has 0 amide bonds. The second kappa shape index (κ2) is 7.17. The van der Waals surface area contributed by atoms with E-state index in [-0.39, 0.29) is 29.1 Å². The van der Waals surface area contributed by atoms with Crippen LogP contribution in [0.25, 0.3) is 22.3 Å². The molecule has 0 N–H and O–H groups in total. The van der Waals surface area contributed by atoms with Crippen molar-refractivity contribution >= 4 is 11.0 Å². The third kappa shape index (κ3) is 3.68. The number of benzene rings is 2. The number of hydrogen-bond donors (Lipinski definition) is 0. The highest BCUT2D eigenvalue weighted by Crippen LogP contribution is 2.32. The van der Waals surface area contributed by atoms with Gasteiger partial charge in [-0.15, -0.1) is 0 Å². The molecule has 25 heavy (non-hydrogen) atoms. The van der Waals surface area contributed by atoms with Crippen LogP contribution in [0, 0.1) is 0 Å². The first-order valence-corrected chi connectivity index (χ1v) is 7.44. The number of halogens is 2. The fraction of sp³-hybridized carbons (Fsp3) is 0.105. The van der Waals surface area contributed by atoms with Crippen molar-refractivity contribution in [1.29, 1.82) is 0 Å². The summed E-state index contributed by atoms with van der Waals surface area (Å²) in [6.45, 7) is 0.618. The summed E-state index contributed by atoms with van der Waals surface area (Å²) in [5.74, 6) is 0.262. The highest BCUT2D eigenvalue weighted by Gasteiger charge is 2.17. The first-order chi connectivity index (χ1) is 12.1. The summed E-state index contributed by atoms with van der Waals surface area (Å²) < 4.78 is 41.0. The molecule has 0 atom stereocenters. The van der Waals surface area contributed by atoms with E-state index in [9.17, 15) is 13.6 Å². The Bertz CT molecular complexity index is 949. The maximum Gasteiger partial charge on any atom is 0.387 e. The van der Waals surface area contributed by atoms with Crippen LogP contribution < -0.4 is 14.9 Å². The van der Waals surface area contributed by atoms with Gasteiger partial charge in [0, 0.05) is 23.8 Å². The zero-order chi connectivity index (χ0) is 17.8. The molecule has 0 fully saturated rings. The van der Waals surface area contributed by atoms with Crippen LogP contribution in [-0.4, -0.2) is 13.2 Å². The maximum atomic E-state index is 12.7. The van der Waals surface area contributed by atoms with Crippen LogP contribution in [0.1, 0.15) is 0 Å². The van der Waals surface area contributed by atoms with E-state index >= 15 is 0 Å². The lowest BCUT2D eigenvalue weighted by Gasteiger charge is -2.11. The number of hydrogen-bond acceptors (Lipinski definition) is 4. The Morgan fingerprint density at radius 3 is 2.60 bits per heavy atom.